The highest BCUT2D eigenvalue weighted by Crippen LogP contribution is 2.29. The van der Waals surface area contributed by atoms with Gasteiger partial charge in [0.15, 0.2) is 0 Å². The quantitative estimate of drug-likeness (QED) is 0.801. The van der Waals surface area contributed by atoms with Gasteiger partial charge in [0.2, 0.25) is 10.0 Å². The monoisotopic (exact) mass is 268 g/mol. The molecule has 1 aromatic carbocycles. The van der Waals surface area contributed by atoms with Crippen molar-refractivity contribution in [1.82, 2.24) is 4.72 Å². The average Bonchev–Trinajstić information content (AvgIpc) is 2.17. The summed E-state index contributed by atoms with van der Waals surface area (Å²) < 4.78 is 26.8. The van der Waals surface area contributed by atoms with Crippen LogP contribution in [0.25, 0.3) is 0 Å². The molecule has 1 unspecified atom stereocenters. The van der Waals surface area contributed by atoms with Gasteiger partial charge >= 0.3 is 0 Å². The zero-order valence-corrected chi connectivity index (χ0v) is 11.4. The lowest BCUT2D eigenvalue weighted by atomic mass is 9.81. The standard InChI is InChI=1S/C13H20N2O2S/c1-10(11-6-4-7-11)15-18(16,17)9-12-5-2-3-8-13(12)14/h2-3,5,8,10-11,15H,4,6-7,9,14H2,1H3. The van der Waals surface area contributed by atoms with Gasteiger partial charge in [-0.2, -0.15) is 0 Å². The molecule has 0 spiro atoms. The normalized spacial score (nSPS) is 18.3. The van der Waals surface area contributed by atoms with Crippen LogP contribution in [0.1, 0.15) is 31.7 Å². The van der Waals surface area contributed by atoms with Gasteiger partial charge in [0.25, 0.3) is 0 Å². The smallest absolute Gasteiger partial charge is 0.216 e. The Morgan fingerprint density at radius 3 is 2.61 bits per heavy atom. The van der Waals surface area contributed by atoms with E-state index in [-0.39, 0.29) is 11.8 Å². The molecular formula is C13H20N2O2S. The van der Waals surface area contributed by atoms with Crippen molar-refractivity contribution < 1.29 is 8.42 Å². The second kappa shape index (κ2) is 5.28. The van der Waals surface area contributed by atoms with E-state index in [1.807, 2.05) is 6.92 Å². The highest BCUT2D eigenvalue weighted by atomic mass is 32.2. The number of hydrogen-bond acceptors (Lipinski definition) is 3. The van der Waals surface area contributed by atoms with Crippen molar-refractivity contribution >= 4 is 15.7 Å². The zero-order valence-electron chi connectivity index (χ0n) is 10.6. The average molecular weight is 268 g/mol. The molecule has 3 N–H and O–H groups in total. The molecule has 100 valence electrons. The summed E-state index contributed by atoms with van der Waals surface area (Å²) in [5, 5.41) is 0. The molecule has 0 bridgehead atoms. The molecule has 1 atom stereocenters. The molecule has 2 rings (SSSR count). The van der Waals surface area contributed by atoms with E-state index in [1.54, 1.807) is 24.3 Å². The maximum absolute atomic E-state index is 12.0. The van der Waals surface area contributed by atoms with Crippen LogP contribution in [-0.2, 0) is 15.8 Å². The number of sulfonamides is 1. The molecule has 1 aromatic rings. The summed E-state index contributed by atoms with van der Waals surface area (Å²) >= 11 is 0. The highest BCUT2D eigenvalue weighted by Gasteiger charge is 2.27. The Hall–Kier alpha value is -1.07. The first-order valence-electron chi connectivity index (χ1n) is 6.31. The minimum Gasteiger partial charge on any atom is -0.398 e. The van der Waals surface area contributed by atoms with E-state index in [9.17, 15) is 8.42 Å². The van der Waals surface area contributed by atoms with Crippen molar-refractivity contribution in [1.29, 1.82) is 0 Å². The zero-order chi connectivity index (χ0) is 13.2. The summed E-state index contributed by atoms with van der Waals surface area (Å²) in [6.45, 7) is 1.94. The molecule has 1 aliphatic rings. The van der Waals surface area contributed by atoms with Gasteiger partial charge in [0.1, 0.15) is 0 Å². The SMILES string of the molecule is CC(NS(=O)(=O)Cc1ccccc1N)C1CCC1. The lowest BCUT2D eigenvalue weighted by Crippen LogP contribution is -2.41. The van der Waals surface area contributed by atoms with Gasteiger partial charge in [-0.25, -0.2) is 13.1 Å². The molecule has 0 aromatic heterocycles. The fourth-order valence-electron chi connectivity index (χ4n) is 2.23. The Labute approximate surface area is 109 Å². The van der Waals surface area contributed by atoms with E-state index >= 15 is 0 Å². The minimum absolute atomic E-state index is 0.0219. The van der Waals surface area contributed by atoms with E-state index in [2.05, 4.69) is 4.72 Å². The summed E-state index contributed by atoms with van der Waals surface area (Å²) in [4.78, 5) is 0. The van der Waals surface area contributed by atoms with Crippen molar-refractivity contribution in [2.24, 2.45) is 5.92 Å². The number of nitrogen functional groups attached to an aromatic ring is 1. The van der Waals surface area contributed by atoms with E-state index in [0.29, 0.717) is 17.2 Å². The predicted octanol–water partition coefficient (Wildman–Crippen LogP) is 1.88. The van der Waals surface area contributed by atoms with Crippen molar-refractivity contribution in [2.75, 3.05) is 5.73 Å². The Morgan fingerprint density at radius 2 is 2.06 bits per heavy atom. The maximum atomic E-state index is 12.0. The molecule has 0 heterocycles. The Bertz CT molecular complexity index is 509. The molecule has 1 aliphatic carbocycles. The van der Waals surface area contributed by atoms with Crippen molar-refractivity contribution in [3.05, 3.63) is 29.8 Å². The van der Waals surface area contributed by atoms with Gasteiger partial charge in [-0.15, -0.1) is 0 Å². The van der Waals surface area contributed by atoms with Crippen molar-refractivity contribution in [3.8, 4) is 0 Å². The molecule has 5 heteroatoms. The molecule has 1 fully saturated rings. The van der Waals surface area contributed by atoms with Crippen LogP contribution in [0.15, 0.2) is 24.3 Å². The number of rotatable bonds is 5. The number of hydrogen-bond donors (Lipinski definition) is 2. The van der Waals surface area contributed by atoms with E-state index in [1.165, 1.54) is 6.42 Å². The van der Waals surface area contributed by atoms with Crippen LogP contribution in [0.5, 0.6) is 0 Å². The van der Waals surface area contributed by atoms with Crippen LogP contribution in [-0.4, -0.2) is 14.5 Å². The fourth-order valence-corrected chi connectivity index (χ4v) is 3.75. The highest BCUT2D eigenvalue weighted by molar-refractivity contribution is 7.88. The van der Waals surface area contributed by atoms with Crippen LogP contribution < -0.4 is 10.5 Å². The first kappa shape index (κ1) is 13.4. The number of benzene rings is 1. The first-order chi connectivity index (χ1) is 8.48. The summed E-state index contributed by atoms with van der Waals surface area (Å²) in [6.07, 6.45) is 3.46. The van der Waals surface area contributed by atoms with Crippen molar-refractivity contribution in [3.63, 3.8) is 0 Å². The van der Waals surface area contributed by atoms with Gasteiger partial charge in [-0.1, -0.05) is 24.6 Å². The summed E-state index contributed by atoms with van der Waals surface area (Å²) in [5.74, 6) is 0.449. The van der Waals surface area contributed by atoms with E-state index < -0.39 is 10.0 Å². The topological polar surface area (TPSA) is 72.2 Å². The first-order valence-corrected chi connectivity index (χ1v) is 7.96. The predicted molar refractivity (Wildman–Crippen MR) is 73.4 cm³/mol. The largest absolute Gasteiger partial charge is 0.398 e. The van der Waals surface area contributed by atoms with Crippen molar-refractivity contribution in [2.45, 2.75) is 38.0 Å². The summed E-state index contributed by atoms with van der Waals surface area (Å²) in [6, 6.07) is 7.10. The fraction of sp³-hybridized carbons (Fsp3) is 0.538. The maximum Gasteiger partial charge on any atom is 0.216 e. The third-order valence-electron chi connectivity index (χ3n) is 3.62. The molecule has 0 amide bonds. The molecule has 0 radical (unpaired) electrons. The summed E-state index contributed by atoms with van der Waals surface area (Å²) in [5.41, 5.74) is 6.95. The van der Waals surface area contributed by atoms with E-state index in [0.717, 1.165) is 12.8 Å². The second-order valence-corrected chi connectivity index (χ2v) is 6.81. The Morgan fingerprint density at radius 1 is 1.39 bits per heavy atom. The van der Waals surface area contributed by atoms with Crippen LogP contribution in [0.2, 0.25) is 0 Å². The third kappa shape index (κ3) is 3.23. The number of nitrogens with two attached hydrogens (primary N) is 1. The van der Waals surface area contributed by atoms with Crippen LogP contribution in [0, 0.1) is 5.92 Å². The van der Waals surface area contributed by atoms with E-state index in [4.69, 9.17) is 5.73 Å². The molecule has 1 saturated carbocycles. The molecule has 0 saturated heterocycles. The second-order valence-electron chi connectivity index (χ2n) is 5.06. The number of para-hydroxylation sites is 1. The molecule has 18 heavy (non-hydrogen) atoms. The van der Waals surface area contributed by atoms with Gasteiger partial charge in [0.05, 0.1) is 5.75 Å². The lowest BCUT2D eigenvalue weighted by Gasteiger charge is -2.31. The molecule has 4 nitrogen and oxygen atoms in total. The Balaban J connectivity index is 2.01. The summed E-state index contributed by atoms with van der Waals surface area (Å²) in [7, 11) is -3.31. The Kier molecular flexibility index (Phi) is 3.92. The van der Waals surface area contributed by atoms with Crippen LogP contribution >= 0.6 is 0 Å². The van der Waals surface area contributed by atoms with Crippen LogP contribution in [0.4, 0.5) is 5.69 Å². The van der Waals surface area contributed by atoms with Gasteiger partial charge < -0.3 is 5.73 Å². The number of nitrogens with one attached hydrogen (secondary N) is 1. The van der Waals surface area contributed by atoms with Gasteiger partial charge in [0, 0.05) is 11.7 Å². The lowest BCUT2D eigenvalue weighted by molar-refractivity contribution is 0.260. The molecule has 0 aliphatic heterocycles. The minimum atomic E-state index is -3.31. The third-order valence-corrected chi connectivity index (χ3v) is 5.04. The van der Waals surface area contributed by atoms with Gasteiger partial charge in [-0.3, -0.25) is 0 Å². The molecular weight excluding hydrogens is 248 g/mol. The van der Waals surface area contributed by atoms with Crippen LogP contribution in [0.3, 0.4) is 0 Å². The van der Waals surface area contributed by atoms with Gasteiger partial charge in [-0.05, 0) is 37.3 Å². The number of anilines is 1.